The highest BCUT2D eigenvalue weighted by Gasteiger charge is 2.20. The van der Waals surface area contributed by atoms with Gasteiger partial charge in [0.2, 0.25) is 0 Å². The maximum atomic E-state index is 9.79. The fourth-order valence-corrected chi connectivity index (χ4v) is 2.16. The number of benzene rings is 1. The molecule has 106 valence electrons. The van der Waals surface area contributed by atoms with Crippen LogP contribution in [-0.4, -0.2) is 58.5 Å². The summed E-state index contributed by atoms with van der Waals surface area (Å²) in [6.45, 7) is 3.59. The normalized spacial score (nSPS) is 16.6. The molecule has 0 radical (unpaired) electrons. The first-order valence-electron chi connectivity index (χ1n) is 6.43. The molecule has 1 aromatic carbocycles. The lowest BCUT2D eigenvalue weighted by atomic mass is 10.2. The first kappa shape index (κ1) is 12.7. The van der Waals surface area contributed by atoms with E-state index in [1.165, 1.54) is 12.1 Å². The third-order valence-corrected chi connectivity index (χ3v) is 3.41. The highest BCUT2D eigenvalue weighted by molar-refractivity contribution is 5.64. The summed E-state index contributed by atoms with van der Waals surface area (Å²) >= 11 is 0. The average Bonchev–Trinajstić information content (AvgIpc) is 2.89. The molecule has 0 aliphatic carbocycles. The van der Waals surface area contributed by atoms with Gasteiger partial charge in [-0.3, -0.25) is 0 Å². The Morgan fingerprint density at radius 3 is 2.60 bits per heavy atom. The van der Waals surface area contributed by atoms with Crippen molar-refractivity contribution in [1.29, 1.82) is 0 Å². The lowest BCUT2D eigenvalue weighted by Gasteiger charge is -2.31. The maximum absolute atomic E-state index is 9.79. The number of anilines is 1. The standard InChI is InChI=1S/C13H16N4O3/c1-16-4-6-17(7-5-16)13-14-12(20-15-13)10-3-2-9(18)8-11(10)19/h2-3,8,18-19H,4-7H2,1H3. The van der Waals surface area contributed by atoms with Crippen LogP contribution in [0.3, 0.4) is 0 Å². The first-order valence-corrected chi connectivity index (χ1v) is 6.43. The Bertz CT molecular complexity index is 605. The van der Waals surface area contributed by atoms with E-state index >= 15 is 0 Å². The third-order valence-electron chi connectivity index (χ3n) is 3.41. The Labute approximate surface area is 116 Å². The summed E-state index contributed by atoms with van der Waals surface area (Å²) in [6.07, 6.45) is 0. The molecule has 7 heteroatoms. The van der Waals surface area contributed by atoms with Gasteiger partial charge >= 0.3 is 0 Å². The number of piperazine rings is 1. The SMILES string of the molecule is CN1CCN(c2noc(-c3ccc(O)cc3O)n2)CC1. The van der Waals surface area contributed by atoms with E-state index in [2.05, 4.69) is 22.1 Å². The molecule has 1 saturated heterocycles. The molecule has 0 saturated carbocycles. The Kier molecular flexibility index (Phi) is 3.19. The molecule has 7 nitrogen and oxygen atoms in total. The van der Waals surface area contributed by atoms with Crippen LogP contribution < -0.4 is 4.90 Å². The quantitative estimate of drug-likeness (QED) is 0.842. The summed E-state index contributed by atoms with van der Waals surface area (Å²) in [7, 11) is 2.08. The zero-order chi connectivity index (χ0) is 14.1. The Balaban J connectivity index is 1.83. The summed E-state index contributed by atoms with van der Waals surface area (Å²) < 4.78 is 5.19. The molecule has 0 bridgehead atoms. The molecule has 0 spiro atoms. The maximum Gasteiger partial charge on any atom is 0.266 e. The second kappa shape index (κ2) is 5.01. The summed E-state index contributed by atoms with van der Waals surface area (Å²) in [5, 5.41) is 23.0. The smallest absolute Gasteiger partial charge is 0.266 e. The molecule has 0 amide bonds. The van der Waals surface area contributed by atoms with Crippen molar-refractivity contribution in [3.8, 4) is 23.0 Å². The highest BCUT2D eigenvalue weighted by Crippen LogP contribution is 2.31. The Hall–Kier alpha value is -2.28. The van der Waals surface area contributed by atoms with Crippen molar-refractivity contribution < 1.29 is 14.7 Å². The number of nitrogens with zero attached hydrogens (tertiary/aromatic N) is 4. The van der Waals surface area contributed by atoms with E-state index in [4.69, 9.17) is 4.52 Å². The molecule has 0 unspecified atom stereocenters. The van der Waals surface area contributed by atoms with Gasteiger partial charge in [0.05, 0.1) is 5.56 Å². The summed E-state index contributed by atoms with van der Waals surface area (Å²) in [4.78, 5) is 8.59. The highest BCUT2D eigenvalue weighted by atomic mass is 16.5. The zero-order valence-electron chi connectivity index (χ0n) is 11.2. The van der Waals surface area contributed by atoms with Gasteiger partial charge in [0, 0.05) is 32.2 Å². The van der Waals surface area contributed by atoms with Crippen molar-refractivity contribution in [2.75, 3.05) is 38.1 Å². The van der Waals surface area contributed by atoms with Crippen LogP contribution in [-0.2, 0) is 0 Å². The fourth-order valence-electron chi connectivity index (χ4n) is 2.16. The van der Waals surface area contributed by atoms with E-state index in [0.29, 0.717) is 11.5 Å². The van der Waals surface area contributed by atoms with Crippen molar-refractivity contribution in [2.24, 2.45) is 0 Å². The monoisotopic (exact) mass is 276 g/mol. The van der Waals surface area contributed by atoms with Crippen LogP contribution in [0.2, 0.25) is 0 Å². The van der Waals surface area contributed by atoms with E-state index in [0.717, 1.165) is 26.2 Å². The van der Waals surface area contributed by atoms with Crippen molar-refractivity contribution in [3.05, 3.63) is 18.2 Å². The number of aromatic hydroxyl groups is 2. The van der Waals surface area contributed by atoms with Crippen LogP contribution in [0.5, 0.6) is 11.5 Å². The van der Waals surface area contributed by atoms with E-state index in [9.17, 15) is 10.2 Å². The number of aromatic nitrogens is 2. The van der Waals surface area contributed by atoms with Crippen LogP contribution in [0.25, 0.3) is 11.5 Å². The first-order chi connectivity index (χ1) is 9.63. The van der Waals surface area contributed by atoms with Gasteiger partial charge < -0.3 is 24.5 Å². The van der Waals surface area contributed by atoms with Crippen LogP contribution in [0, 0.1) is 0 Å². The fraction of sp³-hybridized carbons (Fsp3) is 0.385. The van der Waals surface area contributed by atoms with Crippen LogP contribution in [0.15, 0.2) is 22.7 Å². The Morgan fingerprint density at radius 1 is 1.15 bits per heavy atom. The second-order valence-electron chi connectivity index (χ2n) is 4.89. The molecule has 1 aromatic heterocycles. The molecule has 1 aliphatic heterocycles. The largest absolute Gasteiger partial charge is 0.508 e. The van der Waals surface area contributed by atoms with Gasteiger partial charge in [-0.1, -0.05) is 0 Å². The second-order valence-corrected chi connectivity index (χ2v) is 4.89. The number of rotatable bonds is 2. The van der Waals surface area contributed by atoms with Crippen molar-refractivity contribution in [3.63, 3.8) is 0 Å². The van der Waals surface area contributed by atoms with Gasteiger partial charge in [-0.15, -0.1) is 0 Å². The predicted octanol–water partition coefficient (Wildman–Crippen LogP) is 0.900. The Morgan fingerprint density at radius 2 is 1.90 bits per heavy atom. The van der Waals surface area contributed by atoms with Crippen LogP contribution in [0.1, 0.15) is 0 Å². The predicted molar refractivity (Wildman–Crippen MR) is 72.8 cm³/mol. The molecule has 1 aliphatic rings. The minimum Gasteiger partial charge on any atom is -0.508 e. The molecule has 1 fully saturated rings. The van der Waals surface area contributed by atoms with Gasteiger partial charge in [0.25, 0.3) is 11.8 Å². The topological polar surface area (TPSA) is 85.9 Å². The molecular weight excluding hydrogens is 260 g/mol. The number of likely N-dealkylation sites (N-methyl/N-ethyl adjacent to an activating group) is 1. The molecule has 2 heterocycles. The minimum atomic E-state index is -0.0847. The molecule has 2 N–H and O–H groups in total. The molecular formula is C13H16N4O3. The van der Waals surface area contributed by atoms with Gasteiger partial charge in [-0.2, -0.15) is 4.98 Å². The van der Waals surface area contributed by atoms with Crippen molar-refractivity contribution >= 4 is 5.95 Å². The van der Waals surface area contributed by atoms with E-state index in [1.54, 1.807) is 6.07 Å². The molecule has 2 aromatic rings. The molecule has 3 rings (SSSR count). The van der Waals surface area contributed by atoms with Gasteiger partial charge in [-0.25, -0.2) is 0 Å². The van der Waals surface area contributed by atoms with Gasteiger partial charge in [0.1, 0.15) is 11.5 Å². The van der Waals surface area contributed by atoms with Crippen molar-refractivity contribution in [2.45, 2.75) is 0 Å². The van der Waals surface area contributed by atoms with E-state index in [1.807, 2.05) is 4.90 Å². The molecule has 20 heavy (non-hydrogen) atoms. The number of hydrogen-bond donors (Lipinski definition) is 2. The summed E-state index contributed by atoms with van der Waals surface area (Å²) in [6, 6.07) is 4.26. The lowest BCUT2D eigenvalue weighted by Crippen LogP contribution is -2.44. The number of phenolic OH excluding ortho intramolecular Hbond substituents is 2. The summed E-state index contributed by atoms with van der Waals surface area (Å²) in [5.41, 5.74) is 0.413. The van der Waals surface area contributed by atoms with Gasteiger partial charge in [0.15, 0.2) is 0 Å². The van der Waals surface area contributed by atoms with Crippen LogP contribution >= 0.6 is 0 Å². The van der Waals surface area contributed by atoms with Crippen LogP contribution in [0.4, 0.5) is 5.95 Å². The summed E-state index contributed by atoms with van der Waals surface area (Å²) in [5.74, 6) is 0.681. The van der Waals surface area contributed by atoms with E-state index in [-0.39, 0.29) is 17.4 Å². The molecule has 0 atom stereocenters. The van der Waals surface area contributed by atoms with Crippen molar-refractivity contribution in [1.82, 2.24) is 15.0 Å². The lowest BCUT2D eigenvalue weighted by molar-refractivity contribution is 0.309. The van der Waals surface area contributed by atoms with E-state index < -0.39 is 0 Å². The zero-order valence-corrected chi connectivity index (χ0v) is 11.2. The van der Waals surface area contributed by atoms with Gasteiger partial charge in [-0.05, 0) is 24.3 Å². The average molecular weight is 276 g/mol. The number of phenols is 2. The minimum absolute atomic E-state index is 0.00921. The third kappa shape index (κ3) is 2.39. The number of hydrogen-bond acceptors (Lipinski definition) is 7.